The first-order chi connectivity index (χ1) is 8.66. The van der Waals surface area contributed by atoms with Crippen LogP contribution in [0.25, 0.3) is 0 Å². The summed E-state index contributed by atoms with van der Waals surface area (Å²) in [7, 11) is 0. The van der Waals surface area contributed by atoms with E-state index in [2.05, 4.69) is 60.6 Å². The average Bonchev–Trinajstić information content (AvgIpc) is 2.29. The van der Waals surface area contributed by atoms with E-state index in [9.17, 15) is 0 Å². The molecule has 0 aliphatic carbocycles. The quantitative estimate of drug-likeness (QED) is 0.248. The zero-order valence-electron chi connectivity index (χ0n) is 14.8. The summed E-state index contributed by atoms with van der Waals surface area (Å²) in [5.41, 5.74) is 1.39. The molecular formula is C18H39P. The monoisotopic (exact) mass is 286 g/mol. The first kappa shape index (κ1) is 19.2. The van der Waals surface area contributed by atoms with Crippen molar-refractivity contribution in [3.63, 3.8) is 0 Å². The molecule has 116 valence electrons. The summed E-state index contributed by atoms with van der Waals surface area (Å²) in [6, 6.07) is 0. The molecule has 1 atom stereocenters. The summed E-state index contributed by atoms with van der Waals surface area (Å²) >= 11 is 0. The van der Waals surface area contributed by atoms with Gasteiger partial charge in [-0.25, -0.2) is 0 Å². The second kappa shape index (κ2) is 7.26. The first-order valence-corrected chi connectivity index (χ1v) is 11.8. The van der Waals surface area contributed by atoms with Gasteiger partial charge < -0.3 is 0 Å². The van der Waals surface area contributed by atoms with Gasteiger partial charge in [-0.2, -0.15) is 0 Å². The third-order valence-corrected chi connectivity index (χ3v) is 12.8. The summed E-state index contributed by atoms with van der Waals surface area (Å²) in [6.45, 7) is 19.9. The van der Waals surface area contributed by atoms with E-state index in [1.165, 1.54) is 44.4 Å². The van der Waals surface area contributed by atoms with Crippen LogP contribution in [-0.4, -0.2) is 31.3 Å². The van der Waals surface area contributed by atoms with Gasteiger partial charge in [-0.05, 0) is 0 Å². The molecule has 0 radical (unpaired) electrons. The Labute approximate surface area is 123 Å². The van der Waals surface area contributed by atoms with E-state index in [4.69, 9.17) is 0 Å². The van der Waals surface area contributed by atoms with Crippen molar-refractivity contribution in [2.45, 2.75) is 72.4 Å². The van der Waals surface area contributed by atoms with Gasteiger partial charge in [0.15, 0.2) is 0 Å². The molecule has 0 bridgehead atoms. The minimum absolute atomic E-state index is 0.476. The van der Waals surface area contributed by atoms with E-state index >= 15 is 0 Å². The molecule has 0 fully saturated rings. The van der Waals surface area contributed by atoms with Gasteiger partial charge in [0.1, 0.15) is 0 Å². The van der Waals surface area contributed by atoms with Crippen molar-refractivity contribution in [3.8, 4) is 0 Å². The Morgan fingerprint density at radius 1 is 1.16 bits per heavy atom. The van der Waals surface area contributed by atoms with E-state index in [1.807, 2.05) is 0 Å². The second-order valence-electron chi connectivity index (χ2n) is 7.95. The van der Waals surface area contributed by atoms with Gasteiger partial charge in [0, 0.05) is 0 Å². The molecule has 0 amide bonds. The molecule has 0 spiro atoms. The van der Waals surface area contributed by atoms with E-state index in [0.29, 0.717) is 5.41 Å². The number of allylic oxidation sites excluding steroid dienone is 1. The Bertz CT molecular complexity index is 275. The maximum atomic E-state index is 3.86. The fourth-order valence-corrected chi connectivity index (χ4v) is 10.8. The predicted molar refractivity (Wildman–Crippen MR) is 96.4 cm³/mol. The van der Waals surface area contributed by atoms with Gasteiger partial charge in [0.25, 0.3) is 0 Å². The van der Waals surface area contributed by atoms with Crippen LogP contribution in [0.15, 0.2) is 12.7 Å². The zero-order valence-corrected chi connectivity index (χ0v) is 15.7. The Balaban J connectivity index is 5.19. The van der Waals surface area contributed by atoms with Crippen LogP contribution < -0.4 is 0 Å². The molecule has 0 N–H and O–H groups in total. The molecule has 0 aromatic carbocycles. The molecule has 0 rings (SSSR count). The third-order valence-electron chi connectivity index (χ3n) is 5.58. The van der Waals surface area contributed by atoms with Gasteiger partial charge in [-0.15, -0.1) is 0 Å². The summed E-state index contributed by atoms with van der Waals surface area (Å²) < 4.78 is 0. The molecule has 1 heteroatoms. The number of rotatable bonds is 10. The van der Waals surface area contributed by atoms with Gasteiger partial charge >= 0.3 is 123 Å². The molecule has 0 aromatic rings. The Kier molecular flexibility index (Phi) is 7.32. The summed E-state index contributed by atoms with van der Waals surface area (Å²) in [4.78, 5) is 0. The van der Waals surface area contributed by atoms with Crippen molar-refractivity contribution in [1.82, 2.24) is 0 Å². The molecule has 0 heterocycles. The minimum atomic E-state index is -1.56. The van der Waals surface area contributed by atoms with Crippen molar-refractivity contribution in [1.29, 1.82) is 0 Å². The molecule has 19 heavy (non-hydrogen) atoms. The molecule has 0 saturated carbocycles. The Hall–Kier alpha value is 0.170. The van der Waals surface area contributed by atoms with Crippen molar-refractivity contribution in [2.75, 3.05) is 25.7 Å². The van der Waals surface area contributed by atoms with Crippen LogP contribution in [0, 0.1) is 5.41 Å². The van der Waals surface area contributed by atoms with Crippen LogP contribution in [0.1, 0.15) is 66.7 Å². The average molecular weight is 286 g/mol. The van der Waals surface area contributed by atoms with Crippen LogP contribution in [0.4, 0.5) is 0 Å². The standard InChI is InChI=1S/C18H39P/c1-9-13-14-15-18(5,6)17(11-3)19(7,8,12-4)16-10-2/h9,17H,1,10-16H2,2-8H3. The van der Waals surface area contributed by atoms with Gasteiger partial charge in [0.2, 0.25) is 0 Å². The molecule has 1 unspecified atom stereocenters. The van der Waals surface area contributed by atoms with Crippen molar-refractivity contribution >= 4 is 6.60 Å². The van der Waals surface area contributed by atoms with Crippen molar-refractivity contribution in [3.05, 3.63) is 12.7 Å². The van der Waals surface area contributed by atoms with Crippen molar-refractivity contribution in [2.24, 2.45) is 5.41 Å². The van der Waals surface area contributed by atoms with Crippen LogP contribution in [0.5, 0.6) is 0 Å². The maximum absolute atomic E-state index is 3.86. The first-order valence-electron chi connectivity index (χ1n) is 8.27. The summed E-state index contributed by atoms with van der Waals surface area (Å²) in [5, 5.41) is 0. The third kappa shape index (κ3) is 4.89. The summed E-state index contributed by atoms with van der Waals surface area (Å²) in [5.74, 6) is 0. The topological polar surface area (TPSA) is 0 Å². The molecule has 0 aromatic heterocycles. The number of hydrogen-bond donors (Lipinski definition) is 0. The number of unbranched alkanes of at least 4 members (excludes halogenated alkanes) is 1. The molecule has 0 aliphatic heterocycles. The fourth-order valence-electron chi connectivity index (χ4n) is 4.51. The van der Waals surface area contributed by atoms with Crippen LogP contribution in [-0.2, 0) is 0 Å². The molecule has 0 aliphatic rings. The SMILES string of the molecule is C=CCCCC(C)(C)C(CC)P(C)(C)(CC)CCC. The van der Waals surface area contributed by atoms with Crippen LogP contribution in [0.2, 0.25) is 0 Å². The molecule has 0 nitrogen and oxygen atoms in total. The predicted octanol–water partition coefficient (Wildman–Crippen LogP) is 6.39. The van der Waals surface area contributed by atoms with E-state index in [1.54, 1.807) is 0 Å². The van der Waals surface area contributed by atoms with E-state index in [-0.39, 0.29) is 0 Å². The van der Waals surface area contributed by atoms with Gasteiger partial charge in [-0.1, -0.05) is 0 Å². The van der Waals surface area contributed by atoms with E-state index in [0.717, 1.165) is 5.66 Å². The Morgan fingerprint density at radius 3 is 2.11 bits per heavy atom. The van der Waals surface area contributed by atoms with Gasteiger partial charge in [0.05, 0.1) is 0 Å². The normalized spacial score (nSPS) is 16.7. The second-order valence-corrected chi connectivity index (χ2v) is 15.3. The van der Waals surface area contributed by atoms with Crippen LogP contribution >= 0.6 is 6.60 Å². The fraction of sp³-hybridized carbons (Fsp3) is 0.889. The van der Waals surface area contributed by atoms with Crippen LogP contribution in [0.3, 0.4) is 0 Å². The number of hydrogen-bond acceptors (Lipinski definition) is 0. The molecular weight excluding hydrogens is 247 g/mol. The summed E-state index contributed by atoms with van der Waals surface area (Å²) in [6.07, 6.45) is 11.5. The molecule has 0 saturated heterocycles. The van der Waals surface area contributed by atoms with E-state index < -0.39 is 6.60 Å². The Morgan fingerprint density at radius 2 is 1.74 bits per heavy atom. The zero-order chi connectivity index (χ0) is 15.2. The van der Waals surface area contributed by atoms with Gasteiger partial charge in [-0.3, -0.25) is 0 Å². The van der Waals surface area contributed by atoms with Crippen molar-refractivity contribution < 1.29 is 0 Å².